The van der Waals surface area contributed by atoms with Gasteiger partial charge in [0.15, 0.2) is 0 Å². The molecule has 0 nitrogen and oxygen atoms in total. The molecule has 0 heteroatoms. The van der Waals surface area contributed by atoms with Crippen molar-refractivity contribution in [2.45, 2.75) is 26.7 Å². The maximum absolute atomic E-state index is 2.30. The standard InChI is InChI=1S/C14H14/c1-3-10-6-7-12-8-11-5-4-9(2)13(10)14(11)12/h4-7H,3,8H2,1-2H3. The monoisotopic (exact) mass is 182 g/mol. The van der Waals surface area contributed by atoms with Crippen LogP contribution in [0.1, 0.15) is 29.2 Å². The summed E-state index contributed by atoms with van der Waals surface area (Å²) < 4.78 is 0. The van der Waals surface area contributed by atoms with Gasteiger partial charge in [-0.05, 0) is 52.8 Å². The molecular weight excluding hydrogens is 168 g/mol. The van der Waals surface area contributed by atoms with Gasteiger partial charge in [0.2, 0.25) is 0 Å². The van der Waals surface area contributed by atoms with Gasteiger partial charge in [-0.3, -0.25) is 0 Å². The van der Waals surface area contributed by atoms with Gasteiger partial charge in [0, 0.05) is 0 Å². The fraction of sp³-hybridized carbons (Fsp3) is 0.286. The van der Waals surface area contributed by atoms with Crippen molar-refractivity contribution in [3.05, 3.63) is 46.5 Å². The van der Waals surface area contributed by atoms with Gasteiger partial charge in [-0.25, -0.2) is 0 Å². The van der Waals surface area contributed by atoms with Crippen molar-refractivity contribution < 1.29 is 0 Å². The molecule has 1 aliphatic carbocycles. The van der Waals surface area contributed by atoms with Crippen molar-refractivity contribution in [2.24, 2.45) is 0 Å². The van der Waals surface area contributed by atoms with Crippen LogP contribution in [0.3, 0.4) is 0 Å². The topological polar surface area (TPSA) is 0 Å². The van der Waals surface area contributed by atoms with Crippen molar-refractivity contribution in [2.75, 3.05) is 0 Å². The Morgan fingerprint density at radius 3 is 2.43 bits per heavy atom. The molecule has 0 N–H and O–H groups in total. The zero-order chi connectivity index (χ0) is 9.71. The predicted molar refractivity (Wildman–Crippen MR) is 60.9 cm³/mol. The lowest BCUT2D eigenvalue weighted by Crippen LogP contribution is -2.05. The molecule has 0 radical (unpaired) electrons. The third-order valence-corrected chi connectivity index (χ3v) is 3.39. The molecular formula is C14H14. The van der Waals surface area contributed by atoms with Gasteiger partial charge >= 0.3 is 0 Å². The highest BCUT2D eigenvalue weighted by molar-refractivity contribution is 5.98. The lowest BCUT2D eigenvalue weighted by atomic mass is 9.81. The first-order valence-corrected chi connectivity index (χ1v) is 5.34. The molecule has 0 spiro atoms. The highest BCUT2D eigenvalue weighted by atomic mass is 14.2. The van der Waals surface area contributed by atoms with Crippen molar-refractivity contribution in [3.8, 4) is 0 Å². The van der Waals surface area contributed by atoms with Crippen LogP contribution in [0.25, 0.3) is 10.8 Å². The zero-order valence-electron chi connectivity index (χ0n) is 8.72. The number of hydrogen-bond acceptors (Lipinski definition) is 0. The third-order valence-electron chi connectivity index (χ3n) is 3.39. The maximum atomic E-state index is 2.30. The Morgan fingerprint density at radius 2 is 1.71 bits per heavy atom. The van der Waals surface area contributed by atoms with Gasteiger partial charge in [0.25, 0.3) is 0 Å². The van der Waals surface area contributed by atoms with Crippen LogP contribution >= 0.6 is 0 Å². The average Bonchev–Trinajstić information content (AvgIpc) is 2.17. The summed E-state index contributed by atoms with van der Waals surface area (Å²) in [6, 6.07) is 9.14. The van der Waals surface area contributed by atoms with Gasteiger partial charge in [0.05, 0.1) is 0 Å². The van der Waals surface area contributed by atoms with E-state index in [4.69, 9.17) is 0 Å². The van der Waals surface area contributed by atoms with Crippen LogP contribution in [0.4, 0.5) is 0 Å². The summed E-state index contributed by atoms with van der Waals surface area (Å²) in [5, 5.41) is 3.07. The molecule has 14 heavy (non-hydrogen) atoms. The van der Waals surface area contributed by atoms with Crippen molar-refractivity contribution in [1.29, 1.82) is 0 Å². The number of hydrogen-bond donors (Lipinski definition) is 0. The highest BCUT2D eigenvalue weighted by Crippen LogP contribution is 2.37. The summed E-state index contributed by atoms with van der Waals surface area (Å²) in [6.07, 6.45) is 2.32. The Morgan fingerprint density at radius 1 is 1.00 bits per heavy atom. The Kier molecular flexibility index (Phi) is 1.49. The van der Waals surface area contributed by atoms with Crippen LogP contribution < -0.4 is 0 Å². The number of rotatable bonds is 1. The Hall–Kier alpha value is -1.30. The van der Waals surface area contributed by atoms with Crippen LogP contribution in [-0.2, 0) is 12.8 Å². The summed E-state index contributed by atoms with van der Waals surface area (Å²) in [4.78, 5) is 0. The summed E-state index contributed by atoms with van der Waals surface area (Å²) >= 11 is 0. The number of aryl methyl sites for hydroxylation is 2. The summed E-state index contributed by atoms with van der Waals surface area (Å²) in [7, 11) is 0. The van der Waals surface area contributed by atoms with E-state index in [1.807, 2.05) is 0 Å². The largest absolute Gasteiger partial charge is 0.0613 e. The first kappa shape index (κ1) is 8.05. The molecule has 2 aromatic carbocycles. The van der Waals surface area contributed by atoms with Crippen LogP contribution in [0.5, 0.6) is 0 Å². The second-order valence-electron chi connectivity index (χ2n) is 4.21. The van der Waals surface area contributed by atoms with E-state index >= 15 is 0 Å². The van der Waals surface area contributed by atoms with E-state index in [1.165, 1.54) is 34.1 Å². The fourth-order valence-corrected chi connectivity index (χ4v) is 2.59. The normalized spacial score (nSPS) is 13.0. The molecule has 0 saturated carbocycles. The predicted octanol–water partition coefficient (Wildman–Crippen LogP) is 3.61. The minimum atomic E-state index is 1.14. The molecule has 0 amide bonds. The molecule has 0 saturated heterocycles. The lowest BCUT2D eigenvalue weighted by Gasteiger charge is -2.23. The Labute approximate surface area is 84.6 Å². The minimum absolute atomic E-state index is 1.14. The molecule has 2 aromatic rings. The van der Waals surface area contributed by atoms with E-state index in [0.717, 1.165) is 6.42 Å². The number of benzene rings is 2. The molecule has 0 heterocycles. The lowest BCUT2D eigenvalue weighted by molar-refractivity contribution is 1.11. The molecule has 0 fully saturated rings. The van der Waals surface area contributed by atoms with E-state index in [0.29, 0.717) is 0 Å². The molecule has 70 valence electrons. The van der Waals surface area contributed by atoms with Crippen molar-refractivity contribution in [1.82, 2.24) is 0 Å². The molecule has 1 aliphatic rings. The third kappa shape index (κ3) is 0.836. The van der Waals surface area contributed by atoms with Gasteiger partial charge in [0.1, 0.15) is 0 Å². The maximum Gasteiger partial charge on any atom is -0.00132 e. The first-order chi connectivity index (χ1) is 6.81. The molecule has 0 bridgehead atoms. The van der Waals surface area contributed by atoms with Crippen LogP contribution in [-0.4, -0.2) is 0 Å². The van der Waals surface area contributed by atoms with E-state index in [1.54, 1.807) is 5.39 Å². The molecule has 3 rings (SSSR count). The van der Waals surface area contributed by atoms with Crippen LogP contribution in [0, 0.1) is 6.92 Å². The van der Waals surface area contributed by atoms with E-state index < -0.39 is 0 Å². The summed E-state index contributed by atoms with van der Waals surface area (Å²) in [6.45, 7) is 4.46. The second-order valence-corrected chi connectivity index (χ2v) is 4.21. The first-order valence-electron chi connectivity index (χ1n) is 5.34. The van der Waals surface area contributed by atoms with E-state index in [2.05, 4.69) is 38.1 Å². The quantitative estimate of drug-likeness (QED) is 0.539. The second kappa shape index (κ2) is 2.60. The van der Waals surface area contributed by atoms with Gasteiger partial charge < -0.3 is 0 Å². The summed E-state index contributed by atoms with van der Waals surface area (Å²) in [5.41, 5.74) is 6.01. The van der Waals surface area contributed by atoms with Crippen LogP contribution in [0.15, 0.2) is 24.3 Å². The van der Waals surface area contributed by atoms with E-state index in [-0.39, 0.29) is 0 Å². The zero-order valence-corrected chi connectivity index (χ0v) is 8.72. The molecule has 0 unspecified atom stereocenters. The van der Waals surface area contributed by atoms with Crippen molar-refractivity contribution >= 4 is 10.8 Å². The fourth-order valence-electron chi connectivity index (χ4n) is 2.59. The van der Waals surface area contributed by atoms with Gasteiger partial charge in [-0.2, -0.15) is 0 Å². The SMILES string of the molecule is CCc1ccc2c3c(ccc(C)c13)C2. The smallest absolute Gasteiger partial charge is 0.00132 e. The minimum Gasteiger partial charge on any atom is -0.0613 e. The Balaban J connectivity index is 2.50. The van der Waals surface area contributed by atoms with Crippen LogP contribution in [0.2, 0.25) is 0 Å². The highest BCUT2D eigenvalue weighted by Gasteiger charge is 2.18. The molecule has 0 aliphatic heterocycles. The van der Waals surface area contributed by atoms with Gasteiger partial charge in [-0.15, -0.1) is 0 Å². The average molecular weight is 182 g/mol. The van der Waals surface area contributed by atoms with Crippen molar-refractivity contribution in [3.63, 3.8) is 0 Å². The van der Waals surface area contributed by atoms with Gasteiger partial charge in [-0.1, -0.05) is 31.2 Å². The summed E-state index contributed by atoms with van der Waals surface area (Å²) in [5.74, 6) is 0. The molecule has 0 aromatic heterocycles. The Bertz CT molecular complexity index is 513. The van der Waals surface area contributed by atoms with E-state index in [9.17, 15) is 0 Å². The molecule has 0 atom stereocenters.